The molecule has 17 heavy (non-hydrogen) atoms. The van der Waals surface area contributed by atoms with Crippen molar-refractivity contribution >= 4 is 11.8 Å². The molecule has 2 nitrogen and oxygen atoms in total. The summed E-state index contributed by atoms with van der Waals surface area (Å²) in [6.45, 7) is 7.66. The Morgan fingerprint density at radius 3 is 2.76 bits per heavy atom. The van der Waals surface area contributed by atoms with Gasteiger partial charge in [0.25, 0.3) is 0 Å². The lowest BCUT2D eigenvalue weighted by molar-refractivity contribution is 0.0674. The van der Waals surface area contributed by atoms with Gasteiger partial charge in [-0.15, -0.1) is 11.8 Å². The van der Waals surface area contributed by atoms with Crippen LogP contribution in [0.25, 0.3) is 0 Å². The van der Waals surface area contributed by atoms with Crippen molar-refractivity contribution in [2.75, 3.05) is 18.9 Å². The third-order valence-corrected chi connectivity index (χ3v) is 3.90. The Kier molecular flexibility index (Phi) is 6.63. The van der Waals surface area contributed by atoms with Crippen LogP contribution in [0.4, 0.5) is 0 Å². The van der Waals surface area contributed by atoms with Gasteiger partial charge in [-0.3, -0.25) is 0 Å². The molecule has 0 amide bonds. The summed E-state index contributed by atoms with van der Waals surface area (Å²) < 4.78 is 5.54. The van der Waals surface area contributed by atoms with E-state index in [-0.39, 0.29) is 6.10 Å². The van der Waals surface area contributed by atoms with E-state index in [9.17, 15) is 0 Å². The highest BCUT2D eigenvalue weighted by Gasteiger charge is 2.06. The van der Waals surface area contributed by atoms with Crippen molar-refractivity contribution in [3.05, 3.63) is 29.3 Å². The summed E-state index contributed by atoms with van der Waals surface area (Å²) in [6.07, 6.45) is 1.22. The maximum atomic E-state index is 5.66. The summed E-state index contributed by atoms with van der Waals surface area (Å²) in [7, 11) is 0. The van der Waals surface area contributed by atoms with Crippen LogP contribution in [0.3, 0.4) is 0 Å². The minimum atomic E-state index is 0.206. The average Bonchev–Trinajstić information content (AvgIpc) is 2.32. The highest BCUT2D eigenvalue weighted by Crippen LogP contribution is 2.24. The van der Waals surface area contributed by atoms with Gasteiger partial charge < -0.3 is 10.5 Å². The van der Waals surface area contributed by atoms with E-state index < -0.39 is 0 Å². The second-order valence-electron chi connectivity index (χ2n) is 4.22. The molecule has 0 bridgehead atoms. The van der Waals surface area contributed by atoms with Gasteiger partial charge >= 0.3 is 0 Å². The van der Waals surface area contributed by atoms with Crippen molar-refractivity contribution in [3.63, 3.8) is 0 Å². The fraction of sp³-hybridized carbons (Fsp3) is 0.571. The van der Waals surface area contributed by atoms with Crippen molar-refractivity contribution in [1.82, 2.24) is 0 Å². The summed E-state index contributed by atoms with van der Waals surface area (Å²) in [5.74, 6) is 1.06. The summed E-state index contributed by atoms with van der Waals surface area (Å²) >= 11 is 1.90. The lowest BCUT2D eigenvalue weighted by Crippen LogP contribution is -2.24. The molecule has 3 heteroatoms. The highest BCUT2D eigenvalue weighted by atomic mass is 32.2. The van der Waals surface area contributed by atoms with Crippen LogP contribution in [0.2, 0.25) is 0 Å². The van der Waals surface area contributed by atoms with Gasteiger partial charge in [0.05, 0.1) is 6.10 Å². The van der Waals surface area contributed by atoms with Gasteiger partial charge in [0.2, 0.25) is 0 Å². The Balaban J connectivity index is 2.42. The van der Waals surface area contributed by atoms with E-state index in [0.717, 1.165) is 18.8 Å². The molecule has 0 fully saturated rings. The maximum Gasteiger partial charge on any atom is 0.0705 e. The van der Waals surface area contributed by atoms with Gasteiger partial charge in [0.1, 0.15) is 0 Å². The standard InChI is InChI=1S/C14H23NOS/c1-4-16-13(10-15)7-8-17-14-9-11(2)5-6-12(14)3/h5-6,9,13H,4,7-8,10,15H2,1-3H3. The number of hydrogen-bond donors (Lipinski definition) is 1. The molecular weight excluding hydrogens is 230 g/mol. The number of benzene rings is 1. The Hall–Kier alpha value is -0.510. The third kappa shape index (κ3) is 5.11. The Labute approximate surface area is 109 Å². The number of rotatable bonds is 7. The minimum Gasteiger partial charge on any atom is -0.377 e. The molecule has 0 spiro atoms. The van der Waals surface area contributed by atoms with Crippen molar-refractivity contribution < 1.29 is 4.74 Å². The second-order valence-corrected chi connectivity index (χ2v) is 5.36. The predicted octanol–water partition coefficient (Wildman–Crippen LogP) is 3.15. The van der Waals surface area contributed by atoms with E-state index in [0.29, 0.717) is 6.54 Å². The Morgan fingerprint density at radius 2 is 2.12 bits per heavy atom. The zero-order valence-corrected chi connectivity index (χ0v) is 11.8. The molecule has 1 atom stereocenters. The molecule has 0 aromatic heterocycles. The molecule has 1 aromatic carbocycles. The van der Waals surface area contributed by atoms with Crippen molar-refractivity contribution in [2.45, 2.75) is 38.2 Å². The number of ether oxygens (including phenoxy) is 1. The quantitative estimate of drug-likeness (QED) is 0.758. The van der Waals surface area contributed by atoms with E-state index in [2.05, 4.69) is 32.0 Å². The first-order valence-electron chi connectivity index (χ1n) is 6.19. The highest BCUT2D eigenvalue weighted by molar-refractivity contribution is 7.99. The van der Waals surface area contributed by atoms with Gasteiger partial charge in [-0.2, -0.15) is 0 Å². The van der Waals surface area contributed by atoms with E-state index in [1.54, 1.807) is 0 Å². The van der Waals surface area contributed by atoms with Crippen molar-refractivity contribution in [2.24, 2.45) is 5.73 Å². The largest absolute Gasteiger partial charge is 0.377 e. The van der Waals surface area contributed by atoms with Crippen LogP contribution in [-0.4, -0.2) is 25.0 Å². The van der Waals surface area contributed by atoms with Crippen molar-refractivity contribution in [1.29, 1.82) is 0 Å². The smallest absolute Gasteiger partial charge is 0.0705 e. The van der Waals surface area contributed by atoms with Crippen molar-refractivity contribution in [3.8, 4) is 0 Å². The number of thioether (sulfide) groups is 1. The van der Waals surface area contributed by atoms with Crippen LogP contribution in [0, 0.1) is 13.8 Å². The minimum absolute atomic E-state index is 0.206. The summed E-state index contributed by atoms with van der Waals surface area (Å²) in [6, 6.07) is 6.58. The van der Waals surface area contributed by atoms with Crippen LogP contribution in [0.1, 0.15) is 24.5 Å². The summed E-state index contributed by atoms with van der Waals surface area (Å²) in [4.78, 5) is 1.37. The number of hydrogen-bond acceptors (Lipinski definition) is 3. The zero-order valence-electron chi connectivity index (χ0n) is 11.0. The first-order chi connectivity index (χ1) is 8.17. The fourth-order valence-corrected chi connectivity index (χ4v) is 2.83. The average molecular weight is 253 g/mol. The molecule has 1 rings (SSSR count). The molecule has 2 N–H and O–H groups in total. The molecule has 1 unspecified atom stereocenters. The maximum absolute atomic E-state index is 5.66. The molecule has 0 saturated heterocycles. The molecule has 0 aliphatic carbocycles. The van der Waals surface area contributed by atoms with Gasteiger partial charge in [0, 0.05) is 23.8 Å². The van der Waals surface area contributed by atoms with Gasteiger partial charge in [0.15, 0.2) is 0 Å². The Morgan fingerprint density at radius 1 is 1.35 bits per heavy atom. The molecule has 0 heterocycles. The van der Waals surface area contributed by atoms with Crippen LogP contribution >= 0.6 is 11.8 Å². The van der Waals surface area contributed by atoms with Gasteiger partial charge in [-0.25, -0.2) is 0 Å². The van der Waals surface area contributed by atoms with Crippen LogP contribution < -0.4 is 5.73 Å². The summed E-state index contributed by atoms with van der Waals surface area (Å²) in [5.41, 5.74) is 8.32. The fourth-order valence-electron chi connectivity index (χ4n) is 1.67. The first kappa shape index (κ1) is 14.6. The van der Waals surface area contributed by atoms with Crippen LogP contribution in [0.15, 0.2) is 23.1 Å². The van der Waals surface area contributed by atoms with Crippen LogP contribution in [-0.2, 0) is 4.74 Å². The van der Waals surface area contributed by atoms with E-state index in [1.165, 1.54) is 16.0 Å². The van der Waals surface area contributed by atoms with Gasteiger partial charge in [-0.05, 0) is 38.8 Å². The van der Waals surface area contributed by atoms with Gasteiger partial charge in [-0.1, -0.05) is 17.7 Å². The number of nitrogens with two attached hydrogens (primary N) is 1. The Bertz CT molecular complexity index is 341. The lowest BCUT2D eigenvalue weighted by atomic mass is 10.2. The SMILES string of the molecule is CCOC(CN)CCSc1cc(C)ccc1C. The molecule has 0 radical (unpaired) electrons. The molecule has 96 valence electrons. The lowest BCUT2D eigenvalue weighted by Gasteiger charge is -2.14. The van der Waals surface area contributed by atoms with E-state index in [4.69, 9.17) is 10.5 Å². The molecular formula is C14H23NOS. The predicted molar refractivity (Wildman–Crippen MR) is 75.7 cm³/mol. The molecule has 0 aliphatic heterocycles. The molecule has 0 aliphatic rings. The zero-order chi connectivity index (χ0) is 12.7. The van der Waals surface area contributed by atoms with Crippen LogP contribution in [0.5, 0.6) is 0 Å². The van der Waals surface area contributed by atoms with E-state index in [1.807, 2.05) is 18.7 Å². The normalized spacial score (nSPS) is 12.7. The number of aryl methyl sites for hydroxylation is 2. The second kappa shape index (κ2) is 7.75. The third-order valence-electron chi connectivity index (χ3n) is 2.71. The molecule has 0 saturated carbocycles. The first-order valence-corrected chi connectivity index (χ1v) is 7.17. The molecule has 1 aromatic rings. The topological polar surface area (TPSA) is 35.2 Å². The monoisotopic (exact) mass is 253 g/mol. The summed E-state index contributed by atoms with van der Waals surface area (Å²) in [5, 5.41) is 0. The van der Waals surface area contributed by atoms with E-state index >= 15 is 0 Å².